The van der Waals surface area contributed by atoms with E-state index in [-0.39, 0.29) is 18.2 Å². The van der Waals surface area contributed by atoms with Crippen molar-refractivity contribution >= 4 is 23.0 Å². The number of anilines is 3. The number of aromatic hydroxyl groups is 2. The Kier molecular flexibility index (Phi) is 12.7. The van der Waals surface area contributed by atoms with Gasteiger partial charge in [0.2, 0.25) is 11.8 Å². The molecule has 3 aromatic carbocycles. The number of carbonyl (C=O) groups is 1. The van der Waals surface area contributed by atoms with E-state index < -0.39 is 11.9 Å². The first-order chi connectivity index (χ1) is 24.8. The third-order valence-corrected chi connectivity index (χ3v) is 8.79. The Bertz CT molecular complexity index is 1690. The summed E-state index contributed by atoms with van der Waals surface area (Å²) >= 11 is 0. The minimum Gasteiger partial charge on any atom is -0.496 e. The van der Waals surface area contributed by atoms with Gasteiger partial charge in [0.1, 0.15) is 34.5 Å². The lowest BCUT2D eigenvalue weighted by molar-refractivity contribution is -0.145. The van der Waals surface area contributed by atoms with Crippen LogP contribution in [0.3, 0.4) is 0 Å². The van der Waals surface area contributed by atoms with E-state index in [4.69, 9.17) is 33.3 Å². The fraction of sp³-hybridized carbons (Fsp3) is 0.395. The van der Waals surface area contributed by atoms with Crippen LogP contribution in [0.15, 0.2) is 48.5 Å². The Morgan fingerprint density at radius 3 is 1.23 bits per heavy atom. The first-order valence-electron chi connectivity index (χ1n) is 16.5. The van der Waals surface area contributed by atoms with Gasteiger partial charge in [0.25, 0.3) is 0 Å². The molecule has 0 saturated carbocycles. The molecule has 0 bridgehead atoms. The highest BCUT2D eigenvalue weighted by molar-refractivity contribution is 5.74. The summed E-state index contributed by atoms with van der Waals surface area (Å²) in [5.41, 5.74) is 4.57. The van der Waals surface area contributed by atoms with Crippen LogP contribution in [-0.4, -0.2) is 105 Å². The maximum absolute atomic E-state index is 12.5. The summed E-state index contributed by atoms with van der Waals surface area (Å²) < 4.78 is 37.2. The zero-order valence-corrected chi connectivity index (χ0v) is 31.8. The zero-order chi connectivity index (χ0) is 38.3. The van der Waals surface area contributed by atoms with Crippen molar-refractivity contribution in [1.82, 2.24) is 4.73 Å². The van der Waals surface area contributed by atoms with E-state index in [9.17, 15) is 15.0 Å². The molecule has 2 N–H and O–H groups in total. The van der Waals surface area contributed by atoms with Crippen LogP contribution in [0.2, 0.25) is 0 Å². The molecule has 0 fully saturated rings. The molecule has 0 spiro atoms. The molecule has 0 aliphatic rings. The molecule has 0 saturated heterocycles. The minimum absolute atomic E-state index is 0.0287. The highest BCUT2D eigenvalue weighted by atomic mass is 16.7. The fourth-order valence-electron chi connectivity index (χ4n) is 6.03. The summed E-state index contributed by atoms with van der Waals surface area (Å²) in [6.45, 7) is 0.453. The summed E-state index contributed by atoms with van der Waals surface area (Å²) in [5, 5.41) is 19.6. The Morgan fingerprint density at radius 1 is 0.596 bits per heavy atom. The molecule has 1 aromatic heterocycles. The van der Waals surface area contributed by atoms with Crippen molar-refractivity contribution in [2.75, 3.05) is 99.1 Å². The van der Waals surface area contributed by atoms with E-state index >= 15 is 0 Å². The van der Waals surface area contributed by atoms with Crippen LogP contribution < -0.4 is 48.0 Å². The van der Waals surface area contributed by atoms with Crippen LogP contribution in [0.5, 0.6) is 46.3 Å². The lowest BCUT2D eigenvalue weighted by atomic mass is 9.81. The maximum Gasteiger partial charge on any atom is 0.333 e. The summed E-state index contributed by atoms with van der Waals surface area (Å²) in [6.07, 6.45) is 0.438. The van der Waals surface area contributed by atoms with Crippen molar-refractivity contribution in [1.29, 1.82) is 0 Å². The number of nitrogens with zero attached hydrogens (tertiary/aromatic N) is 4. The molecule has 0 atom stereocenters. The van der Waals surface area contributed by atoms with Gasteiger partial charge in [0.15, 0.2) is 0 Å². The van der Waals surface area contributed by atoms with Crippen LogP contribution in [0.4, 0.5) is 17.1 Å². The number of rotatable bonds is 17. The normalized spacial score (nSPS) is 10.8. The third kappa shape index (κ3) is 8.06. The number of benzene rings is 3. The largest absolute Gasteiger partial charge is 0.496 e. The lowest BCUT2D eigenvalue weighted by Gasteiger charge is -2.31. The molecule has 14 heteroatoms. The second-order valence-corrected chi connectivity index (χ2v) is 12.3. The smallest absolute Gasteiger partial charge is 0.333 e. The van der Waals surface area contributed by atoms with Crippen LogP contribution in [0.25, 0.3) is 0 Å². The molecule has 1 heterocycles. The Morgan fingerprint density at radius 2 is 0.923 bits per heavy atom. The highest BCUT2D eigenvalue weighted by Gasteiger charge is 2.36. The van der Waals surface area contributed by atoms with Gasteiger partial charge in [-0.3, -0.25) is 0 Å². The topological polar surface area (TPSA) is 137 Å². The SMILES string of the molecule is COc1cc(N(C)C)cc(OC)c1C(c1c(OC)cc(N(C)C)cc1OC)c1c(OC)cc(N(C)CCCC(=O)On2c(O)ccc2O)cc1OC. The van der Waals surface area contributed by atoms with Gasteiger partial charge in [-0.2, -0.15) is 0 Å². The first-order valence-corrected chi connectivity index (χ1v) is 16.5. The summed E-state index contributed by atoms with van der Waals surface area (Å²) in [6, 6.07) is 14.0. The van der Waals surface area contributed by atoms with Crippen molar-refractivity contribution in [3.8, 4) is 46.3 Å². The second-order valence-electron chi connectivity index (χ2n) is 12.3. The van der Waals surface area contributed by atoms with Crippen molar-refractivity contribution < 1.29 is 48.3 Å². The van der Waals surface area contributed by atoms with E-state index in [1.807, 2.05) is 86.3 Å². The van der Waals surface area contributed by atoms with Crippen LogP contribution in [0, 0.1) is 0 Å². The Hall–Kier alpha value is -5.79. The van der Waals surface area contributed by atoms with E-state index in [1.165, 1.54) is 12.1 Å². The van der Waals surface area contributed by atoms with Crippen molar-refractivity contribution in [3.63, 3.8) is 0 Å². The van der Waals surface area contributed by atoms with E-state index in [1.54, 1.807) is 42.7 Å². The van der Waals surface area contributed by atoms with Crippen LogP contribution in [0.1, 0.15) is 35.4 Å². The van der Waals surface area contributed by atoms with Crippen molar-refractivity contribution in [2.24, 2.45) is 0 Å². The molecular weight excluding hydrogens is 672 g/mol. The van der Waals surface area contributed by atoms with Crippen molar-refractivity contribution in [2.45, 2.75) is 18.8 Å². The quantitative estimate of drug-likeness (QED) is 0.140. The predicted octanol–water partition coefficient (Wildman–Crippen LogP) is 5.13. The average molecular weight is 723 g/mol. The molecule has 0 amide bonds. The summed E-state index contributed by atoms with van der Waals surface area (Å²) in [7, 11) is 19.3. The van der Waals surface area contributed by atoms with Gasteiger partial charge in [-0.15, -0.1) is 4.73 Å². The van der Waals surface area contributed by atoms with E-state index in [0.29, 0.717) is 68.9 Å². The molecule has 0 aliphatic heterocycles. The fourth-order valence-corrected chi connectivity index (χ4v) is 6.03. The van der Waals surface area contributed by atoms with Crippen LogP contribution in [-0.2, 0) is 4.79 Å². The molecule has 282 valence electrons. The van der Waals surface area contributed by atoms with Gasteiger partial charge < -0.3 is 58.2 Å². The van der Waals surface area contributed by atoms with Crippen LogP contribution >= 0.6 is 0 Å². The number of carbonyl (C=O) groups excluding carboxylic acids is 1. The highest BCUT2D eigenvalue weighted by Crippen LogP contribution is 2.55. The maximum atomic E-state index is 12.5. The molecule has 0 unspecified atom stereocenters. The molecule has 4 rings (SSSR count). The third-order valence-electron chi connectivity index (χ3n) is 8.79. The Balaban J connectivity index is 1.88. The number of hydrogen-bond acceptors (Lipinski definition) is 13. The minimum atomic E-state index is -0.664. The number of aromatic nitrogens is 1. The standard InChI is InChI=1S/C38H50N4O10/c1-39(2)23-17-26(46-6)35(27(18-23)47-7)38(36-28(48-8)19-24(40(3)4)20-29(36)49-9)37-30(50-10)21-25(22-31(37)51-11)41(5)16-12-13-34(45)52-42-32(43)14-15-33(42)44/h14-15,17-22,38,43-44H,12-13,16H2,1-11H3. The molecule has 52 heavy (non-hydrogen) atoms. The predicted molar refractivity (Wildman–Crippen MR) is 200 cm³/mol. The summed E-state index contributed by atoms with van der Waals surface area (Å²) in [4.78, 5) is 23.5. The van der Waals surface area contributed by atoms with E-state index in [2.05, 4.69) is 0 Å². The molecule has 0 radical (unpaired) electrons. The van der Waals surface area contributed by atoms with Gasteiger partial charge in [-0.1, -0.05) is 0 Å². The Labute approximate surface area is 305 Å². The van der Waals surface area contributed by atoms with Gasteiger partial charge in [-0.25, -0.2) is 4.79 Å². The average Bonchev–Trinajstić information content (AvgIpc) is 3.46. The lowest BCUT2D eigenvalue weighted by Crippen LogP contribution is -2.23. The number of methoxy groups -OCH3 is 6. The van der Waals surface area contributed by atoms with Gasteiger partial charge in [0.05, 0.1) is 48.6 Å². The van der Waals surface area contributed by atoms with Gasteiger partial charge >= 0.3 is 5.97 Å². The second kappa shape index (κ2) is 16.9. The number of hydrogen-bond donors (Lipinski definition) is 2. The monoisotopic (exact) mass is 722 g/mol. The van der Waals surface area contributed by atoms with Gasteiger partial charge in [0, 0.05) is 130 Å². The zero-order valence-electron chi connectivity index (χ0n) is 31.8. The summed E-state index contributed by atoms with van der Waals surface area (Å²) in [5.74, 6) is 1.22. The number of ether oxygens (including phenoxy) is 6. The first kappa shape index (κ1) is 39.0. The van der Waals surface area contributed by atoms with Gasteiger partial charge in [-0.05, 0) is 6.42 Å². The molecule has 4 aromatic rings. The molecule has 14 nitrogen and oxygen atoms in total. The van der Waals surface area contributed by atoms with E-state index in [0.717, 1.165) is 17.1 Å². The molecular formula is C38H50N4O10. The van der Waals surface area contributed by atoms with Crippen molar-refractivity contribution in [3.05, 3.63) is 65.2 Å². The molecule has 0 aliphatic carbocycles.